The summed E-state index contributed by atoms with van der Waals surface area (Å²) in [4.78, 5) is 17.7. The summed E-state index contributed by atoms with van der Waals surface area (Å²) in [6.45, 7) is 7.70. The van der Waals surface area contributed by atoms with E-state index in [4.69, 9.17) is 8.94 Å². The van der Waals surface area contributed by atoms with E-state index in [1.807, 2.05) is 44.2 Å². The maximum absolute atomic E-state index is 13.1. The first-order valence-electron chi connectivity index (χ1n) is 9.71. The molecule has 0 bridgehead atoms. The topological polar surface area (TPSA) is 81.2 Å². The molecule has 0 unspecified atom stereocenters. The number of aromatic nitrogens is 2. The summed E-state index contributed by atoms with van der Waals surface area (Å²) in [5, 5.41) is 7.59. The van der Waals surface area contributed by atoms with Crippen LogP contribution >= 0.6 is 0 Å². The standard InChI is InChI=1S/C23H23N3O3/c1-5-6-16-7-9-17(10-8-16)24-22(27)19-12-20(18-11-13(2)28-15(18)4)25-23-21(19)14(3)26-29-23/h7-12H,5-6H2,1-4H3,(H,24,27). The van der Waals surface area contributed by atoms with Gasteiger partial charge in [-0.15, -0.1) is 0 Å². The molecule has 4 aromatic rings. The first kappa shape index (κ1) is 18.9. The van der Waals surface area contributed by atoms with E-state index in [0.29, 0.717) is 28.1 Å². The molecule has 3 aromatic heterocycles. The predicted octanol–water partition coefficient (Wildman–Crippen LogP) is 5.61. The fourth-order valence-corrected chi connectivity index (χ4v) is 3.54. The van der Waals surface area contributed by atoms with Crippen LogP contribution in [0.25, 0.3) is 22.4 Å². The molecule has 0 saturated carbocycles. The summed E-state index contributed by atoms with van der Waals surface area (Å²) in [5.41, 5.74) is 4.87. The Bertz CT molecular complexity index is 1190. The van der Waals surface area contributed by atoms with Gasteiger partial charge in [-0.3, -0.25) is 4.79 Å². The molecule has 148 valence electrons. The largest absolute Gasteiger partial charge is 0.466 e. The van der Waals surface area contributed by atoms with Crippen LogP contribution in [0.4, 0.5) is 5.69 Å². The monoisotopic (exact) mass is 389 g/mol. The number of carbonyl (C=O) groups excluding carboxylic acids is 1. The Morgan fingerprint density at radius 2 is 1.86 bits per heavy atom. The van der Waals surface area contributed by atoms with E-state index in [-0.39, 0.29) is 5.91 Å². The van der Waals surface area contributed by atoms with Gasteiger partial charge < -0.3 is 14.3 Å². The molecule has 0 saturated heterocycles. The molecule has 4 rings (SSSR count). The van der Waals surface area contributed by atoms with Crippen molar-refractivity contribution in [2.75, 3.05) is 5.32 Å². The number of fused-ring (bicyclic) bond motifs is 1. The fraction of sp³-hybridized carbons (Fsp3) is 0.261. The van der Waals surface area contributed by atoms with Crippen molar-refractivity contribution in [1.82, 2.24) is 10.1 Å². The summed E-state index contributed by atoms with van der Waals surface area (Å²) in [6.07, 6.45) is 2.11. The van der Waals surface area contributed by atoms with Crippen molar-refractivity contribution in [3.05, 3.63) is 64.7 Å². The van der Waals surface area contributed by atoms with Crippen molar-refractivity contribution in [3.8, 4) is 11.3 Å². The minimum atomic E-state index is -0.230. The van der Waals surface area contributed by atoms with Crippen LogP contribution in [0.5, 0.6) is 0 Å². The molecule has 0 spiro atoms. The second-order valence-corrected chi connectivity index (χ2v) is 7.23. The van der Waals surface area contributed by atoms with Gasteiger partial charge in [-0.1, -0.05) is 30.6 Å². The molecule has 0 atom stereocenters. The third kappa shape index (κ3) is 3.66. The van der Waals surface area contributed by atoms with Crippen LogP contribution in [-0.4, -0.2) is 16.0 Å². The van der Waals surface area contributed by atoms with Gasteiger partial charge in [-0.2, -0.15) is 0 Å². The first-order chi connectivity index (χ1) is 14.0. The van der Waals surface area contributed by atoms with Gasteiger partial charge in [-0.05, 0) is 57.0 Å². The van der Waals surface area contributed by atoms with Gasteiger partial charge in [0.25, 0.3) is 11.6 Å². The summed E-state index contributed by atoms with van der Waals surface area (Å²) < 4.78 is 11.0. The molecular weight excluding hydrogens is 366 g/mol. The Morgan fingerprint density at radius 3 is 2.52 bits per heavy atom. The number of nitrogens with one attached hydrogen (secondary N) is 1. The van der Waals surface area contributed by atoms with Gasteiger partial charge in [0, 0.05) is 11.3 Å². The van der Waals surface area contributed by atoms with Crippen molar-refractivity contribution in [3.63, 3.8) is 0 Å². The first-order valence-corrected chi connectivity index (χ1v) is 9.71. The fourth-order valence-electron chi connectivity index (χ4n) is 3.54. The molecule has 6 nitrogen and oxygen atoms in total. The van der Waals surface area contributed by atoms with Crippen LogP contribution in [0.3, 0.4) is 0 Å². The van der Waals surface area contributed by atoms with Crippen molar-refractivity contribution in [2.24, 2.45) is 0 Å². The number of hydrogen-bond acceptors (Lipinski definition) is 5. The van der Waals surface area contributed by atoms with Crippen LogP contribution in [0.15, 0.2) is 45.3 Å². The molecule has 6 heteroatoms. The van der Waals surface area contributed by atoms with Crippen molar-refractivity contribution >= 4 is 22.7 Å². The van der Waals surface area contributed by atoms with Crippen LogP contribution < -0.4 is 5.32 Å². The molecule has 0 aliphatic heterocycles. The second kappa shape index (κ2) is 7.54. The number of rotatable bonds is 5. The zero-order valence-corrected chi connectivity index (χ0v) is 17.0. The Morgan fingerprint density at radius 1 is 1.10 bits per heavy atom. The van der Waals surface area contributed by atoms with Crippen molar-refractivity contribution in [1.29, 1.82) is 0 Å². The highest BCUT2D eigenvalue weighted by atomic mass is 16.5. The highest BCUT2D eigenvalue weighted by Gasteiger charge is 2.21. The van der Waals surface area contributed by atoms with E-state index < -0.39 is 0 Å². The number of furan rings is 1. The van der Waals surface area contributed by atoms with Crippen LogP contribution in [0.2, 0.25) is 0 Å². The highest BCUT2D eigenvalue weighted by molar-refractivity contribution is 6.13. The average molecular weight is 389 g/mol. The zero-order valence-electron chi connectivity index (χ0n) is 17.0. The number of anilines is 1. The number of benzene rings is 1. The summed E-state index contributed by atoms with van der Waals surface area (Å²) in [5.74, 6) is 1.29. The molecule has 29 heavy (non-hydrogen) atoms. The number of carbonyl (C=O) groups is 1. The maximum atomic E-state index is 13.1. The molecule has 3 heterocycles. The molecule has 0 radical (unpaired) electrons. The summed E-state index contributed by atoms with van der Waals surface area (Å²) in [7, 11) is 0. The molecule has 1 amide bonds. The van der Waals surface area contributed by atoms with E-state index >= 15 is 0 Å². The maximum Gasteiger partial charge on any atom is 0.259 e. The third-order valence-electron chi connectivity index (χ3n) is 4.93. The molecule has 1 aromatic carbocycles. The number of aryl methyl sites for hydroxylation is 4. The number of hydrogen-bond donors (Lipinski definition) is 1. The Balaban J connectivity index is 1.74. The van der Waals surface area contributed by atoms with Crippen LogP contribution in [0, 0.1) is 20.8 Å². The minimum Gasteiger partial charge on any atom is -0.466 e. The lowest BCUT2D eigenvalue weighted by Gasteiger charge is -2.09. The smallest absolute Gasteiger partial charge is 0.259 e. The predicted molar refractivity (Wildman–Crippen MR) is 112 cm³/mol. The summed E-state index contributed by atoms with van der Waals surface area (Å²) in [6, 6.07) is 11.6. The number of pyridine rings is 1. The Labute approximate surface area is 168 Å². The normalized spacial score (nSPS) is 11.2. The second-order valence-electron chi connectivity index (χ2n) is 7.23. The van der Waals surface area contributed by atoms with E-state index in [1.54, 1.807) is 13.0 Å². The quantitative estimate of drug-likeness (QED) is 0.479. The van der Waals surface area contributed by atoms with E-state index in [2.05, 4.69) is 22.4 Å². The van der Waals surface area contributed by atoms with Gasteiger partial charge in [0.15, 0.2) is 0 Å². The minimum absolute atomic E-state index is 0.230. The van der Waals surface area contributed by atoms with E-state index in [1.165, 1.54) is 5.56 Å². The zero-order chi connectivity index (χ0) is 20.5. The number of amides is 1. The van der Waals surface area contributed by atoms with E-state index in [0.717, 1.165) is 35.6 Å². The van der Waals surface area contributed by atoms with Crippen molar-refractivity contribution < 1.29 is 13.7 Å². The van der Waals surface area contributed by atoms with Gasteiger partial charge in [0.1, 0.15) is 11.5 Å². The molecule has 0 aliphatic rings. The molecule has 0 fully saturated rings. The lowest BCUT2D eigenvalue weighted by atomic mass is 10.0. The Hall–Kier alpha value is -3.41. The van der Waals surface area contributed by atoms with Crippen LogP contribution in [-0.2, 0) is 6.42 Å². The number of nitrogens with zero attached hydrogens (tertiary/aromatic N) is 2. The van der Waals surface area contributed by atoms with Gasteiger partial charge >= 0.3 is 0 Å². The van der Waals surface area contributed by atoms with Crippen LogP contribution in [0.1, 0.15) is 46.5 Å². The molecule has 0 aliphatic carbocycles. The van der Waals surface area contributed by atoms with Gasteiger partial charge in [0.05, 0.1) is 22.3 Å². The highest BCUT2D eigenvalue weighted by Crippen LogP contribution is 2.30. The summed E-state index contributed by atoms with van der Waals surface area (Å²) >= 11 is 0. The van der Waals surface area contributed by atoms with Crippen molar-refractivity contribution in [2.45, 2.75) is 40.5 Å². The van der Waals surface area contributed by atoms with Gasteiger partial charge in [-0.25, -0.2) is 4.98 Å². The van der Waals surface area contributed by atoms with Gasteiger partial charge in [0.2, 0.25) is 0 Å². The lowest BCUT2D eigenvalue weighted by Crippen LogP contribution is -2.13. The lowest BCUT2D eigenvalue weighted by molar-refractivity contribution is 0.102. The molecule has 1 N–H and O–H groups in total. The van der Waals surface area contributed by atoms with E-state index in [9.17, 15) is 4.79 Å². The Kier molecular flexibility index (Phi) is 4.92. The SMILES string of the molecule is CCCc1ccc(NC(=O)c2cc(-c3cc(C)oc3C)nc3onc(C)c23)cc1. The molecular formula is C23H23N3O3. The average Bonchev–Trinajstić information content (AvgIpc) is 3.24. The third-order valence-corrected chi connectivity index (χ3v) is 4.93.